The summed E-state index contributed by atoms with van der Waals surface area (Å²) in [7, 11) is 1.50. The van der Waals surface area contributed by atoms with Gasteiger partial charge in [0.15, 0.2) is 0 Å². The van der Waals surface area contributed by atoms with Gasteiger partial charge in [0.1, 0.15) is 29.7 Å². The Morgan fingerprint density at radius 2 is 1.84 bits per heavy atom. The zero-order chi connectivity index (χ0) is 23.1. The SMILES string of the molecule is CCC[C@@H](CC(=O)O)c1cccc(OCc2ccc(-c3cc(OC)ccc3F)c(O)c2)c1. The first-order valence-corrected chi connectivity index (χ1v) is 10.5. The fraction of sp³-hybridized carbons (Fsp3) is 0.269. The van der Waals surface area contributed by atoms with E-state index in [1.807, 2.05) is 31.2 Å². The Bertz CT molecular complexity index is 1080. The number of aromatic hydroxyl groups is 1. The van der Waals surface area contributed by atoms with Crippen molar-refractivity contribution in [3.63, 3.8) is 0 Å². The van der Waals surface area contributed by atoms with E-state index in [1.165, 1.54) is 25.3 Å². The van der Waals surface area contributed by atoms with Crippen LogP contribution in [-0.2, 0) is 11.4 Å². The zero-order valence-electron chi connectivity index (χ0n) is 18.2. The Hall–Kier alpha value is -3.54. The van der Waals surface area contributed by atoms with Crippen molar-refractivity contribution in [1.29, 1.82) is 0 Å². The summed E-state index contributed by atoms with van der Waals surface area (Å²) in [6, 6.07) is 16.8. The Kier molecular flexibility index (Phi) is 7.71. The standard InChI is InChI=1S/C26H27FO5/c1-3-5-18(14-26(29)30)19-6-4-7-21(13-19)32-16-17-8-10-22(25(28)12-17)23-15-20(31-2)9-11-24(23)27/h4,6-13,15,18,28H,3,5,14,16H2,1-2H3,(H,29,30)/t18-/m0/s1. The number of aliphatic carboxylic acids is 1. The highest BCUT2D eigenvalue weighted by Gasteiger charge is 2.16. The van der Waals surface area contributed by atoms with Gasteiger partial charge in [-0.25, -0.2) is 4.39 Å². The van der Waals surface area contributed by atoms with Gasteiger partial charge in [-0.05, 0) is 59.9 Å². The number of carboxylic acid groups (broad SMARTS) is 1. The summed E-state index contributed by atoms with van der Waals surface area (Å²) >= 11 is 0. The lowest BCUT2D eigenvalue weighted by atomic mass is 9.91. The van der Waals surface area contributed by atoms with Crippen LogP contribution in [0, 0.1) is 5.82 Å². The summed E-state index contributed by atoms with van der Waals surface area (Å²) in [5.74, 6) is -0.282. The molecule has 5 nitrogen and oxygen atoms in total. The lowest BCUT2D eigenvalue weighted by Crippen LogP contribution is -2.06. The number of hydrogen-bond acceptors (Lipinski definition) is 4. The van der Waals surface area contributed by atoms with Gasteiger partial charge in [-0.3, -0.25) is 4.79 Å². The minimum Gasteiger partial charge on any atom is -0.507 e. The lowest BCUT2D eigenvalue weighted by Gasteiger charge is -2.16. The van der Waals surface area contributed by atoms with Crippen LogP contribution < -0.4 is 9.47 Å². The number of hydrogen-bond donors (Lipinski definition) is 2. The Labute approximate surface area is 187 Å². The van der Waals surface area contributed by atoms with Crippen LogP contribution in [-0.4, -0.2) is 23.3 Å². The molecule has 0 bridgehead atoms. The van der Waals surface area contributed by atoms with Crippen LogP contribution in [0.2, 0.25) is 0 Å². The Morgan fingerprint density at radius 1 is 1.03 bits per heavy atom. The predicted molar refractivity (Wildman–Crippen MR) is 121 cm³/mol. The van der Waals surface area contributed by atoms with Crippen molar-refractivity contribution in [2.24, 2.45) is 0 Å². The van der Waals surface area contributed by atoms with E-state index in [2.05, 4.69) is 0 Å². The molecule has 3 aromatic rings. The summed E-state index contributed by atoms with van der Waals surface area (Å²) < 4.78 is 25.3. The third-order valence-corrected chi connectivity index (χ3v) is 5.32. The van der Waals surface area contributed by atoms with Gasteiger partial charge in [0.05, 0.1) is 13.5 Å². The highest BCUT2D eigenvalue weighted by Crippen LogP contribution is 2.34. The number of rotatable bonds is 10. The first-order chi connectivity index (χ1) is 15.4. The van der Waals surface area contributed by atoms with Crippen LogP contribution in [0.25, 0.3) is 11.1 Å². The van der Waals surface area contributed by atoms with E-state index in [0.717, 1.165) is 24.0 Å². The maximum Gasteiger partial charge on any atom is 0.303 e. The number of carboxylic acids is 1. The number of phenols is 1. The molecular formula is C26H27FO5. The second kappa shape index (κ2) is 10.7. The monoisotopic (exact) mass is 438 g/mol. The van der Waals surface area contributed by atoms with Crippen molar-refractivity contribution in [3.8, 4) is 28.4 Å². The number of carbonyl (C=O) groups is 1. The molecule has 0 heterocycles. The molecule has 0 aliphatic rings. The van der Waals surface area contributed by atoms with Crippen molar-refractivity contribution in [2.75, 3.05) is 7.11 Å². The molecule has 0 saturated heterocycles. The van der Waals surface area contributed by atoms with E-state index in [9.17, 15) is 19.4 Å². The van der Waals surface area contributed by atoms with Crippen LogP contribution in [0.15, 0.2) is 60.7 Å². The number of ether oxygens (including phenoxy) is 2. The van der Waals surface area contributed by atoms with Crippen molar-refractivity contribution in [3.05, 3.63) is 77.6 Å². The van der Waals surface area contributed by atoms with Crippen LogP contribution >= 0.6 is 0 Å². The minimum atomic E-state index is -0.821. The van der Waals surface area contributed by atoms with Gasteiger partial charge >= 0.3 is 5.97 Å². The Morgan fingerprint density at radius 3 is 2.53 bits per heavy atom. The van der Waals surface area contributed by atoms with Crippen LogP contribution in [0.4, 0.5) is 4.39 Å². The molecule has 0 amide bonds. The van der Waals surface area contributed by atoms with Gasteiger partial charge in [-0.15, -0.1) is 0 Å². The molecule has 6 heteroatoms. The van der Waals surface area contributed by atoms with Crippen LogP contribution in [0.3, 0.4) is 0 Å². The fourth-order valence-corrected chi connectivity index (χ4v) is 3.70. The lowest BCUT2D eigenvalue weighted by molar-refractivity contribution is -0.137. The number of methoxy groups -OCH3 is 1. The minimum absolute atomic E-state index is 0.0588. The zero-order valence-corrected chi connectivity index (χ0v) is 18.2. The molecule has 0 radical (unpaired) electrons. The van der Waals surface area contributed by atoms with Crippen LogP contribution in [0.5, 0.6) is 17.2 Å². The first kappa shape index (κ1) is 23.1. The summed E-state index contributed by atoms with van der Waals surface area (Å²) in [5.41, 5.74) is 2.26. The van der Waals surface area contributed by atoms with Crippen molar-refractivity contribution in [1.82, 2.24) is 0 Å². The van der Waals surface area contributed by atoms with Gasteiger partial charge in [0, 0.05) is 11.1 Å². The average molecular weight is 438 g/mol. The summed E-state index contributed by atoms with van der Waals surface area (Å²) in [6.07, 6.45) is 1.75. The molecule has 168 valence electrons. The maximum absolute atomic E-state index is 14.3. The molecule has 0 aliphatic carbocycles. The molecule has 32 heavy (non-hydrogen) atoms. The van der Waals surface area contributed by atoms with Gasteiger partial charge in [0.2, 0.25) is 0 Å². The second-order valence-electron chi connectivity index (χ2n) is 7.64. The molecule has 0 unspecified atom stereocenters. The van der Waals surface area contributed by atoms with E-state index in [0.29, 0.717) is 17.1 Å². The molecule has 0 spiro atoms. The summed E-state index contributed by atoms with van der Waals surface area (Å²) in [6.45, 7) is 2.23. The van der Waals surface area contributed by atoms with Gasteiger partial charge in [0.25, 0.3) is 0 Å². The number of benzene rings is 3. The van der Waals surface area contributed by atoms with E-state index >= 15 is 0 Å². The molecule has 0 aromatic heterocycles. The number of halogens is 1. The fourth-order valence-electron chi connectivity index (χ4n) is 3.70. The number of phenolic OH excluding ortho intramolecular Hbond substituents is 1. The summed E-state index contributed by atoms with van der Waals surface area (Å²) in [4.78, 5) is 11.2. The molecule has 0 saturated carbocycles. The topological polar surface area (TPSA) is 76.0 Å². The van der Waals surface area contributed by atoms with E-state index in [1.54, 1.807) is 18.2 Å². The average Bonchev–Trinajstić information content (AvgIpc) is 2.78. The first-order valence-electron chi connectivity index (χ1n) is 10.5. The maximum atomic E-state index is 14.3. The van der Waals surface area contributed by atoms with E-state index < -0.39 is 11.8 Å². The van der Waals surface area contributed by atoms with Crippen LogP contribution in [0.1, 0.15) is 43.2 Å². The van der Waals surface area contributed by atoms with Crippen molar-refractivity contribution in [2.45, 2.75) is 38.7 Å². The molecule has 2 N–H and O–H groups in total. The largest absolute Gasteiger partial charge is 0.507 e. The molecule has 1 atom stereocenters. The third-order valence-electron chi connectivity index (χ3n) is 5.32. The third kappa shape index (κ3) is 5.78. The normalized spacial score (nSPS) is 11.7. The van der Waals surface area contributed by atoms with Crippen molar-refractivity contribution >= 4 is 5.97 Å². The van der Waals surface area contributed by atoms with Gasteiger partial charge < -0.3 is 19.7 Å². The molecule has 3 aromatic carbocycles. The van der Waals surface area contributed by atoms with Crippen molar-refractivity contribution < 1.29 is 28.9 Å². The molecule has 3 rings (SSSR count). The van der Waals surface area contributed by atoms with Gasteiger partial charge in [-0.2, -0.15) is 0 Å². The van der Waals surface area contributed by atoms with Gasteiger partial charge in [-0.1, -0.05) is 37.6 Å². The molecule has 0 aliphatic heterocycles. The second-order valence-corrected chi connectivity index (χ2v) is 7.64. The molecular weight excluding hydrogens is 411 g/mol. The predicted octanol–water partition coefficient (Wildman–Crippen LogP) is 6.14. The summed E-state index contributed by atoms with van der Waals surface area (Å²) in [5, 5.41) is 19.7. The highest BCUT2D eigenvalue weighted by molar-refractivity contribution is 5.72. The Balaban J connectivity index is 1.74. The molecule has 0 fully saturated rings. The van der Waals surface area contributed by atoms with E-state index in [-0.39, 0.29) is 30.3 Å². The highest BCUT2D eigenvalue weighted by atomic mass is 19.1. The van der Waals surface area contributed by atoms with E-state index in [4.69, 9.17) is 9.47 Å². The quantitative estimate of drug-likeness (QED) is 0.397. The smallest absolute Gasteiger partial charge is 0.303 e.